The fraction of sp³-hybridized carbons (Fsp3) is 0.409. The topological polar surface area (TPSA) is 75.7 Å². The van der Waals surface area contributed by atoms with Crippen LogP contribution in [0.15, 0.2) is 54.6 Å². The van der Waals surface area contributed by atoms with E-state index in [1.165, 1.54) is 9.87 Å². The number of anilines is 1. The molecule has 7 heteroatoms. The second-order valence-corrected chi connectivity index (χ2v) is 8.86. The molecule has 1 unspecified atom stereocenters. The third-order valence-electron chi connectivity index (χ3n) is 4.57. The standard InChI is InChI=1S/C22H30N2O4S/c1-4-28-21-14-9-8-13-20(21)24(29(3,26)27)16-10-15-22(25)23-17-18(2)19-11-6-5-7-12-19/h5-9,11-14,18H,4,10,15-17H2,1-3H3,(H,23,25). The molecule has 29 heavy (non-hydrogen) atoms. The molecule has 0 aliphatic rings. The summed E-state index contributed by atoms with van der Waals surface area (Å²) < 4.78 is 31.5. The third kappa shape index (κ3) is 7.09. The van der Waals surface area contributed by atoms with Gasteiger partial charge in [0, 0.05) is 19.5 Å². The Labute approximate surface area is 173 Å². The molecule has 0 heterocycles. The lowest BCUT2D eigenvalue weighted by Gasteiger charge is -2.24. The van der Waals surface area contributed by atoms with Crippen LogP contribution in [-0.2, 0) is 14.8 Å². The lowest BCUT2D eigenvalue weighted by Crippen LogP contribution is -2.33. The van der Waals surface area contributed by atoms with E-state index < -0.39 is 10.0 Å². The summed E-state index contributed by atoms with van der Waals surface area (Å²) in [5.41, 5.74) is 1.67. The number of sulfonamides is 1. The molecule has 158 valence electrons. The van der Waals surface area contributed by atoms with E-state index in [0.29, 0.717) is 31.0 Å². The Kier molecular flexibility index (Phi) is 8.51. The van der Waals surface area contributed by atoms with Gasteiger partial charge in [-0.15, -0.1) is 0 Å². The van der Waals surface area contributed by atoms with Crippen molar-refractivity contribution < 1.29 is 17.9 Å². The lowest BCUT2D eigenvalue weighted by atomic mass is 10.0. The molecule has 0 aliphatic carbocycles. The number of carbonyl (C=O) groups excluding carboxylic acids is 1. The average molecular weight is 419 g/mol. The summed E-state index contributed by atoms with van der Waals surface area (Å²) >= 11 is 0. The van der Waals surface area contributed by atoms with Crippen LogP contribution in [0.1, 0.15) is 38.2 Å². The number of hydrogen-bond donors (Lipinski definition) is 1. The fourth-order valence-electron chi connectivity index (χ4n) is 3.04. The molecule has 0 aromatic heterocycles. The lowest BCUT2D eigenvalue weighted by molar-refractivity contribution is -0.121. The van der Waals surface area contributed by atoms with Crippen molar-refractivity contribution in [2.75, 3.05) is 30.3 Å². The van der Waals surface area contributed by atoms with Crippen LogP contribution in [-0.4, -0.2) is 40.3 Å². The monoisotopic (exact) mass is 418 g/mol. The highest BCUT2D eigenvalue weighted by Gasteiger charge is 2.21. The molecule has 2 aromatic carbocycles. The van der Waals surface area contributed by atoms with Crippen LogP contribution in [0.3, 0.4) is 0 Å². The predicted molar refractivity (Wildman–Crippen MR) is 117 cm³/mol. The molecule has 0 spiro atoms. The number of ether oxygens (including phenoxy) is 1. The first kappa shape index (κ1) is 22.7. The number of para-hydroxylation sites is 2. The van der Waals surface area contributed by atoms with Gasteiger partial charge in [-0.25, -0.2) is 8.42 Å². The van der Waals surface area contributed by atoms with E-state index in [0.717, 1.165) is 6.26 Å². The van der Waals surface area contributed by atoms with Gasteiger partial charge < -0.3 is 10.1 Å². The molecule has 0 fully saturated rings. The number of benzene rings is 2. The molecule has 1 amide bonds. The first-order valence-corrected chi connectivity index (χ1v) is 11.7. The highest BCUT2D eigenvalue weighted by Crippen LogP contribution is 2.30. The zero-order chi connectivity index (χ0) is 21.3. The summed E-state index contributed by atoms with van der Waals surface area (Å²) in [6.07, 6.45) is 1.83. The molecule has 0 saturated carbocycles. The largest absolute Gasteiger partial charge is 0.492 e. The minimum Gasteiger partial charge on any atom is -0.492 e. The van der Waals surface area contributed by atoms with E-state index in [4.69, 9.17) is 4.74 Å². The summed E-state index contributed by atoms with van der Waals surface area (Å²) in [7, 11) is -3.50. The Hall–Kier alpha value is -2.54. The van der Waals surface area contributed by atoms with Crippen molar-refractivity contribution in [3.8, 4) is 5.75 Å². The molecule has 1 atom stereocenters. The van der Waals surface area contributed by atoms with Gasteiger partial charge in [0.25, 0.3) is 0 Å². The molecule has 0 aliphatic heterocycles. The van der Waals surface area contributed by atoms with Crippen molar-refractivity contribution in [1.29, 1.82) is 0 Å². The van der Waals surface area contributed by atoms with E-state index in [1.54, 1.807) is 24.3 Å². The molecule has 0 radical (unpaired) electrons. The van der Waals surface area contributed by atoms with Crippen LogP contribution in [0.2, 0.25) is 0 Å². The minimum absolute atomic E-state index is 0.0840. The Balaban J connectivity index is 1.91. The van der Waals surface area contributed by atoms with Crippen molar-refractivity contribution in [1.82, 2.24) is 5.32 Å². The van der Waals surface area contributed by atoms with Gasteiger partial charge in [-0.05, 0) is 37.0 Å². The average Bonchev–Trinajstić information content (AvgIpc) is 2.70. The van der Waals surface area contributed by atoms with Gasteiger partial charge in [0.15, 0.2) is 0 Å². The van der Waals surface area contributed by atoms with Crippen molar-refractivity contribution >= 4 is 21.6 Å². The Morgan fingerprint density at radius 2 is 1.76 bits per heavy atom. The van der Waals surface area contributed by atoms with Gasteiger partial charge in [0.05, 0.1) is 18.6 Å². The number of hydrogen-bond acceptors (Lipinski definition) is 4. The first-order chi connectivity index (χ1) is 13.8. The minimum atomic E-state index is -3.50. The molecule has 2 aromatic rings. The van der Waals surface area contributed by atoms with Crippen LogP contribution >= 0.6 is 0 Å². The summed E-state index contributed by atoms with van der Waals surface area (Å²) in [5, 5.41) is 2.93. The molecular weight excluding hydrogens is 388 g/mol. The summed E-state index contributed by atoms with van der Waals surface area (Å²) in [6.45, 7) is 5.11. The van der Waals surface area contributed by atoms with Crippen LogP contribution in [0, 0.1) is 0 Å². The molecule has 6 nitrogen and oxygen atoms in total. The molecule has 2 rings (SSSR count). The maximum absolute atomic E-state index is 12.3. The van der Waals surface area contributed by atoms with Gasteiger partial charge in [0.2, 0.25) is 15.9 Å². The fourth-order valence-corrected chi connectivity index (χ4v) is 4.01. The van der Waals surface area contributed by atoms with Crippen molar-refractivity contribution in [3.63, 3.8) is 0 Å². The van der Waals surface area contributed by atoms with Gasteiger partial charge in [-0.1, -0.05) is 49.4 Å². The summed E-state index contributed by atoms with van der Waals surface area (Å²) in [5.74, 6) is 0.645. The van der Waals surface area contributed by atoms with Crippen LogP contribution in [0.5, 0.6) is 5.75 Å². The highest BCUT2D eigenvalue weighted by molar-refractivity contribution is 7.92. The maximum atomic E-state index is 12.3. The van der Waals surface area contributed by atoms with E-state index in [9.17, 15) is 13.2 Å². The Bertz CT molecular complexity index is 885. The number of amides is 1. The van der Waals surface area contributed by atoms with Crippen LogP contribution in [0.4, 0.5) is 5.69 Å². The van der Waals surface area contributed by atoms with E-state index in [1.807, 2.05) is 37.3 Å². The summed E-state index contributed by atoms with van der Waals surface area (Å²) in [6, 6.07) is 17.0. The Morgan fingerprint density at radius 1 is 1.10 bits per heavy atom. The molecule has 0 bridgehead atoms. The number of nitrogens with zero attached hydrogens (tertiary/aromatic N) is 1. The normalized spacial score (nSPS) is 12.2. The SMILES string of the molecule is CCOc1ccccc1N(CCCC(=O)NCC(C)c1ccccc1)S(C)(=O)=O. The zero-order valence-corrected chi connectivity index (χ0v) is 18.1. The van der Waals surface area contributed by atoms with Crippen molar-refractivity contribution in [2.45, 2.75) is 32.6 Å². The molecule has 0 saturated heterocycles. The van der Waals surface area contributed by atoms with E-state index >= 15 is 0 Å². The van der Waals surface area contributed by atoms with Gasteiger partial charge in [-0.3, -0.25) is 9.10 Å². The maximum Gasteiger partial charge on any atom is 0.232 e. The Morgan fingerprint density at radius 3 is 2.41 bits per heavy atom. The van der Waals surface area contributed by atoms with Gasteiger partial charge in [-0.2, -0.15) is 0 Å². The van der Waals surface area contributed by atoms with E-state index in [2.05, 4.69) is 12.2 Å². The predicted octanol–water partition coefficient (Wildman–Crippen LogP) is 3.55. The second-order valence-electron chi connectivity index (χ2n) is 6.96. The number of nitrogens with one attached hydrogen (secondary N) is 1. The number of carbonyl (C=O) groups is 1. The molecular formula is C22H30N2O4S. The number of rotatable bonds is 11. The van der Waals surface area contributed by atoms with Gasteiger partial charge in [0.1, 0.15) is 5.75 Å². The van der Waals surface area contributed by atoms with Crippen LogP contribution in [0.25, 0.3) is 0 Å². The first-order valence-electron chi connectivity index (χ1n) is 9.84. The smallest absolute Gasteiger partial charge is 0.232 e. The second kappa shape index (κ2) is 10.9. The third-order valence-corrected chi connectivity index (χ3v) is 5.75. The highest BCUT2D eigenvalue weighted by atomic mass is 32.2. The summed E-state index contributed by atoms with van der Waals surface area (Å²) in [4.78, 5) is 12.2. The van der Waals surface area contributed by atoms with E-state index in [-0.39, 0.29) is 24.8 Å². The van der Waals surface area contributed by atoms with Crippen LogP contribution < -0.4 is 14.4 Å². The van der Waals surface area contributed by atoms with Crippen molar-refractivity contribution in [2.24, 2.45) is 0 Å². The van der Waals surface area contributed by atoms with Crippen molar-refractivity contribution in [3.05, 3.63) is 60.2 Å². The zero-order valence-electron chi connectivity index (χ0n) is 17.3. The van der Waals surface area contributed by atoms with Gasteiger partial charge >= 0.3 is 0 Å². The molecule has 1 N–H and O–H groups in total. The quantitative estimate of drug-likeness (QED) is 0.605.